The third kappa shape index (κ3) is 2.18. The van der Waals surface area contributed by atoms with Crippen molar-refractivity contribution in [3.05, 3.63) is 22.8 Å². The van der Waals surface area contributed by atoms with Crippen LogP contribution in [0, 0.1) is 0 Å². The summed E-state index contributed by atoms with van der Waals surface area (Å²) in [5, 5.41) is 7.88. The third-order valence-electron chi connectivity index (χ3n) is 3.69. The molecule has 2 N–H and O–H groups in total. The van der Waals surface area contributed by atoms with E-state index in [4.69, 9.17) is 10.5 Å². The second-order valence-corrected chi connectivity index (χ2v) is 6.02. The van der Waals surface area contributed by atoms with E-state index < -0.39 is 0 Å². The van der Waals surface area contributed by atoms with Gasteiger partial charge in [-0.05, 0) is 0 Å². The second kappa shape index (κ2) is 5.18. The van der Waals surface area contributed by atoms with Gasteiger partial charge in [-0.2, -0.15) is 15.1 Å². The molecule has 9 heteroatoms. The van der Waals surface area contributed by atoms with Gasteiger partial charge in [0, 0.05) is 25.2 Å². The Morgan fingerprint density at radius 1 is 1.41 bits per heavy atom. The quantitative estimate of drug-likeness (QED) is 0.752. The molecule has 8 nitrogen and oxygen atoms in total. The van der Waals surface area contributed by atoms with Crippen LogP contribution in [0.1, 0.15) is 11.1 Å². The van der Waals surface area contributed by atoms with Crippen molar-refractivity contribution in [2.24, 2.45) is 7.05 Å². The van der Waals surface area contributed by atoms with Gasteiger partial charge < -0.3 is 15.4 Å². The molecule has 1 unspecified atom stereocenters. The fourth-order valence-electron chi connectivity index (χ4n) is 2.55. The molecule has 0 amide bonds. The summed E-state index contributed by atoms with van der Waals surface area (Å²) in [7, 11) is 1.84. The number of ether oxygens (including phenoxy) is 1. The topological polar surface area (TPSA) is 95.0 Å². The lowest BCUT2D eigenvalue weighted by atomic mass is 10.3. The monoisotopic (exact) mass is 317 g/mol. The standard InChI is InChI=1S/C13H15N7OS/c1-19-11-8(6-16-19)10(14)17-13(18-11)20-3-4-21-9(7-20)12-15-2-5-22-12/h2,5-6,9H,3-4,7H2,1H3,(H2,14,17,18). The molecule has 0 aliphatic carbocycles. The third-order valence-corrected chi connectivity index (χ3v) is 4.55. The highest BCUT2D eigenvalue weighted by molar-refractivity contribution is 7.09. The second-order valence-electron chi connectivity index (χ2n) is 5.09. The Morgan fingerprint density at radius 3 is 3.14 bits per heavy atom. The van der Waals surface area contributed by atoms with Gasteiger partial charge in [0.1, 0.15) is 16.9 Å². The molecule has 0 spiro atoms. The van der Waals surface area contributed by atoms with Crippen LogP contribution in [0.25, 0.3) is 11.0 Å². The first kappa shape index (κ1) is 13.4. The predicted octanol–water partition coefficient (Wildman–Crippen LogP) is 0.980. The van der Waals surface area contributed by atoms with Gasteiger partial charge in [-0.3, -0.25) is 4.68 Å². The van der Waals surface area contributed by atoms with Gasteiger partial charge in [0.15, 0.2) is 5.65 Å². The van der Waals surface area contributed by atoms with Crippen LogP contribution in [-0.2, 0) is 11.8 Å². The number of nitrogens with two attached hydrogens (primary N) is 1. The molecule has 4 rings (SSSR count). The van der Waals surface area contributed by atoms with Crippen LogP contribution < -0.4 is 10.6 Å². The number of hydrogen-bond acceptors (Lipinski definition) is 8. The molecule has 0 bridgehead atoms. The zero-order valence-corrected chi connectivity index (χ0v) is 12.8. The number of hydrogen-bond donors (Lipinski definition) is 1. The Hall–Kier alpha value is -2.26. The van der Waals surface area contributed by atoms with E-state index in [2.05, 4.69) is 25.0 Å². The lowest BCUT2D eigenvalue weighted by molar-refractivity contribution is 0.0391. The zero-order chi connectivity index (χ0) is 15.1. The van der Waals surface area contributed by atoms with Gasteiger partial charge in [-0.25, -0.2) is 4.98 Å². The average Bonchev–Trinajstić information content (AvgIpc) is 3.18. The normalized spacial score (nSPS) is 19.0. The van der Waals surface area contributed by atoms with Crippen molar-refractivity contribution in [1.29, 1.82) is 0 Å². The number of nitrogens with zero attached hydrogens (tertiary/aromatic N) is 6. The number of rotatable bonds is 2. The lowest BCUT2D eigenvalue weighted by Crippen LogP contribution is -2.39. The van der Waals surface area contributed by atoms with Crippen molar-refractivity contribution >= 4 is 34.1 Å². The Labute approximate surface area is 130 Å². The highest BCUT2D eigenvalue weighted by atomic mass is 32.1. The first-order valence-electron chi connectivity index (χ1n) is 6.93. The molecule has 3 aromatic rings. The number of nitrogen functional groups attached to an aromatic ring is 1. The van der Waals surface area contributed by atoms with Crippen molar-refractivity contribution < 1.29 is 4.74 Å². The summed E-state index contributed by atoms with van der Waals surface area (Å²) in [4.78, 5) is 15.4. The van der Waals surface area contributed by atoms with Crippen molar-refractivity contribution in [1.82, 2.24) is 24.7 Å². The number of fused-ring (bicyclic) bond motifs is 1. The molecule has 1 aliphatic rings. The first-order valence-corrected chi connectivity index (χ1v) is 7.81. The van der Waals surface area contributed by atoms with Gasteiger partial charge in [-0.1, -0.05) is 0 Å². The Balaban J connectivity index is 1.67. The molecule has 4 heterocycles. The van der Waals surface area contributed by atoms with Crippen LogP contribution in [0.4, 0.5) is 11.8 Å². The maximum Gasteiger partial charge on any atom is 0.229 e. The minimum atomic E-state index is -0.0548. The molecular formula is C13H15N7OS. The van der Waals surface area contributed by atoms with Crippen LogP contribution in [0.15, 0.2) is 17.8 Å². The Bertz CT molecular complexity index is 800. The lowest BCUT2D eigenvalue weighted by Gasteiger charge is -2.32. The van der Waals surface area contributed by atoms with E-state index in [1.807, 2.05) is 12.4 Å². The van der Waals surface area contributed by atoms with E-state index in [1.165, 1.54) is 0 Å². The van der Waals surface area contributed by atoms with E-state index >= 15 is 0 Å². The summed E-state index contributed by atoms with van der Waals surface area (Å²) < 4.78 is 7.51. The molecule has 1 fully saturated rings. The molecule has 114 valence electrons. The van der Waals surface area contributed by atoms with Gasteiger partial charge >= 0.3 is 0 Å². The molecule has 1 saturated heterocycles. The maximum absolute atomic E-state index is 6.03. The van der Waals surface area contributed by atoms with Crippen molar-refractivity contribution in [3.63, 3.8) is 0 Å². The molecule has 0 saturated carbocycles. The predicted molar refractivity (Wildman–Crippen MR) is 83.7 cm³/mol. The van der Waals surface area contributed by atoms with Crippen LogP contribution in [0.3, 0.4) is 0 Å². The summed E-state index contributed by atoms with van der Waals surface area (Å²) in [6.07, 6.45) is 3.42. The van der Waals surface area contributed by atoms with Crippen molar-refractivity contribution in [2.45, 2.75) is 6.10 Å². The zero-order valence-electron chi connectivity index (χ0n) is 12.0. The molecule has 0 radical (unpaired) electrons. The molecular weight excluding hydrogens is 302 g/mol. The largest absolute Gasteiger partial charge is 0.383 e. The Kier molecular flexibility index (Phi) is 3.16. The summed E-state index contributed by atoms with van der Waals surface area (Å²) in [6, 6.07) is 0. The summed E-state index contributed by atoms with van der Waals surface area (Å²) in [5.41, 5.74) is 6.77. The number of aryl methyl sites for hydroxylation is 1. The molecule has 1 aliphatic heterocycles. The Morgan fingerprint density at radius 2 is 2.32 bits per heavy atom. The first-order chi connectivity index (χ1) is 10.7. The number of anilines is 2. The highest BCUT2D eigenvalue weighted by Gasteiger charge is 2.26. The van der Waals surface area contributed by atoms with E-state index in [0.29, 0.717) is 24.9 Å². The summed E-state index contributed by atoms with van der Waals surface area (Å²) in [5.74, 6) is 1.06. The highest BCUT2D eigenvalue weighted by Crippen LogP contribution is 2.27. The molecule has 22 heavy (non-hydrogen) atoms. The fraction of sp³-hybridized carbons (Fsp3) is 0.385. The summed E-state index contributed by atoms with van der Waals surface area (Å²) >= 11 is 1.59. The van der Waals surface area contributed by atoms with E-state index in [0.717, 1.165) is 22.6 Å². The molecule has 1 atom stereocenters. The van der Waals surface area contributed by atoms with Crippen molar-refractivity contribution in [3.8, 4) is 0 Å². The maximum atomic E-state index is 6.03. The molecule has 0 aromatic carbocycles. The number of thiazole rings is 1. The SMILES string of the molecule is Cn1ncc2c(N)nc(N3CCOC(c4nccs4)C3)nc21. The van der Waals surface area contributed by atoms with Gasteiger partial charge in [0.2, 0.25) is 5.95 Å². The van der Waals surface area contributed by atoms with Crippen LogP contribution in [-0.4, -0.2) is 44.4 Å². The van der Waals surface area contributed by atoms with E-state index in [1.54, 1.807) is 28.4 Å². The van der Waals surface area contributed by atoms with Crippen LogP contribution in [0.2, 0.25) is 0 Å². The number of aromatic nitrogens is 5. The summed E-state index contributed by atoms with van der Waals surface area (Å²) in [6.45, 7) is 2.00. The fourth-order valence-corrected chi connectivity index (χ4v) is 3.22. The van der Waals surface area contributed by atoms with Gasteiger partial charge in [-0.15, -0.1) is 11.3 Å². The van der Waals surface area contributed by atoms with Crippen molar-refractivity contribution in [2.75, 3.05) is 30.3 Å². The average molecular weight is 317 g/mol. The minimum absolute atomic E-state index is 0.0548. The smallest absolute Gasteiger partial charge is 0.229 e. The minimum Gasteiger partial charge on any atom is -0.383 e. The van der Waals surface area contributed by atoms with E-state index in [-0.39, 0.29) is 6.10 Å². The van der Waals surface area contributed by atoms with Gasteiger partial charge in [0.25, 0.3) is 0 Å². The number of morpholine rings is 1. The van der Waals surface area contributed by atoms with Crippen LogP contribution in [0.5, 0.6) is 0 Å². The molecule has 3 aromatic heterocycles. The van der Waals surface area contributed by atoms with E-state index in [9.17, 15) is 0 Å². The van der Waals surface area contributed by atoms with Crippen LogP contribution >= 0.6 is 11.3 Å². The van der Waals surface area contributed by atoms with Gasteiger partial charge in [0.05, 0.1) is 24.7 Å².